The number of aliphatic imine (C=N–C) groups is 2. The number of rotatable bonds is 4. The summed E-state index contributed by atoms with van der Waals surface area (Å²) in [7, 11) is 0. The molecule has 4 nitrogen and oxygen atoms in total. The molecule has 28 heavy (non-hydrogen) atoms. The first-order chi connectivity index (χ1) is 13.3. The van der Waals surface area contributed by atoms with Gasteiger partial charge in [-0.15, -0.1) is 0 Å². The van der Waals surface area contributed by atoms with Crippen molar-refractivity contribution in [1.29, 1.82) is 0 Å². The lowest BCUT2D eigenvalue weighted by Gasteiger charge is -2.25. The van der Waals surface area contributed by atoms with E-state index in [4.69, 9.17) is 9.98 Å². The third kappa shape index (κ3) is 5.93. The minimum Gasteiger partial charge on any atom is -0.506 e. The molecule has 2 aromatic rings. The Morgan fingerprint density at radius 2 is 1.11 bits per heavy atom. The second-order valence-electron chi connectivity index (χ2n) is 6.63. The largest absolute Gasteiger partial charge is 0.506 e. The molecule has 0 amide bonds. The summed E-state index contributed by atoms with van der Waals surface area (Å²) in [5.74, 6) is 0.554. The van der Waals surface area contributed by atoms with Crippen molar-refractivity contribution < 1.29 is 10.2 Å². The molecule has 0 radical (unpaired) electrons. The van der Waals surface area contributed by atoms with E-state index in [1.54, 1.807) is 12.4 Å². The highest BCUT2D eigenvalue weighted by Crippen LogP contribution is 2.29. The van der Waals surface area contributed by atoms with Crippen molar-refractivity contribution in [2.45, 2.75) is 37.8 Å². The average Bonchev–Trinajstić information content (AvgIpc) is 2.65. The van der Waals surface area contributed by atoms with Crippen LogP contribution in [0.15, 0.2) is 34.3 Å². The molecule has 0 aromatic heterocycles. The van der Waals surface area contributed by atoms with Crippen molar-refractivity contribution in [2.24, 2.45) is 9.98 Å². The van der Waals surface area contributed by atoms with Crippen molar-refractivity contribution in [3.8, 4) is 11.5 Å². The Morgan fingerprint density at radius 1 is 0.714 bits per heavy atom. The number of phenolic OH excluding ortho intramolecular Hbond substituents is 2. The maximum absolute atomic E-state index is 10.3. The Morgan fingerprint density at radius 3 is 1.50 bits per heavy atom. The van der Waals surface area contributed by atoms with Gasteiger partial charge < -0.3 is 10.2 Å². The van der Waals surface area contributed by atoms with Gasteiger partial charge in [0.2, 0.25) is 0 Å². The molecule has 0 bridgehead atoms. The molecular weight excluding hydrogens is 808 g/mol. The fraction of sp³-hybridized carbons (Fsp3) is 0.300. The third-order valence-corrected chi connectivity index (χ3v) is 7.51. The summed E-state index contributed by atoms with van der Waals surface area (Å²) < 4.78 is 3.80. The van der Waals surface area contributed by atoms with Crippen LogP contribution in [0.5, 0.6) is 11.5 Å². The summed E-state index contributed by atoms with van der Waals surface area (Å²) in [4.78, 5) is 9.55. The smallest absolute Gasteiger partial charge is 0.137 e. The zero-order chi connectivity index (χ0) is 20.3. The molecule has 0 aliphatic heterocycles. The topological polar surface area (TPSA) is 65.2 Å². The van der Waals surface area contributed by atoms with Crippen LogP contribution in [0, 0.1) is 14.3 Å². The molecule has 3 rings (SSSR count). The van der Waals surface area contributed by atoms with Gasteiger partial charge in [0.25, 0.3) is 0 Å². The van der Waals surface area contributed by atoms with Crippen molar-refractivity contribution in [3.05, 3.63) is 49.7 Å². The van der Waals surface area contributed by atoms with E-state index in [2.05, 4.69) is 90.4 Å². The summed E-state index contributed by atoms with van der Waals surface area (Å²) in [5, 5.41) is 20.6. The molecule has 148 valence electrons. The van der Waals surface area contributed by atoms with E-state index >= 15 is 0 Å². The zero-order valence-corrected chi connectivity index (χ0v) is 23.4. The highest BCUT2D eigenvalue weighted by atomic mass is 127. The molecule has 2 atom stereocenters. The SMILES string of the molecule is Oc1c(I)cc(I)cc1C=N[C@H]1CCCC[C@@H]1N=Cc1cc(I)cc(I)c1O. The number of benzene rings is 2. The van der Waals surface area contributed by atoms with Crippen LogP contribution in [-0.2, 0) is 0 Å². The van der Waals surface area contributed by atoms with Gasteiger partial charge in [-0.2, -0.15) is 0 Å². The van der Waals surface area contributed by atoms with E-state index in [0.29, 0.717) is 0 Å². The second-order valence-corrected chi connectivity index (χ2v) is 11.4. The lowest BCUT2D eigenvalue weighted by molar-refractivity contribution is 0.390. The van der Waals surface area contributed by atoms with E-state index in [0.717, 1.165) is 51.1 Å². The molecule has 0 unspecified atom stereocenters. The highest BCUT2D eigenvalue weighted by Gasteiger charge is 2.23. The van der Waals surface area contributed by atoms with Gasteiger partial charge in [0, 0.05) is 30.7 Å². The van der Waals surface area contributed by atoms with Crippen LogP contribution >= 0.6 is 90.4 Å². The molecule has 1 aliphatic rings. The number of hydrogen-bond donors (Lipinski definition) is 2. The van der Waals surface area contributed by atoms with E-state index in [-0.39, 0.29) is 23.6 Å². The van der Waals surface area contributed by atoms with Gasteiger partial charge in [-0.05, 0) is 127 Å². The lowest BCUT2D eigenvalue weighted by atomic mass is 9.91. The first kappa shape index (κ1) is 23.0. The van der Waals surface area contributed by atoms with Gasteiger partial charge in [0.15, 0.2) is 0 Å². The minimum atomic E-state index is 0.0870. The van der Waals surface area contributed by atoms with Gasteiger partial charge in [0.1, 0.15) is 11.5 Å². The summed E-state index contributed by atoms with van der Waals surface area (Å²) in [6, 6.07) is 7.93. The normalized spacial score (nSPS) is 20.3. The van der Waals surface area contributed by atoms with Crippen LogP contribution in [0.4, 0.5) is 0 Å². The first-order valence-electron chi connectivity index (χ1n) is 8.77. The van der Waals surface area contributed by atoms with Crippen molar-refractivity contribution in [2.75, 3.05) is 0 Å². The highest BCUT2D eigenvalue weighted by molar-refractivity contribution is 14.1. The maximum atomic E-state index is 10.3. The van der Waals surface area contributed by atoms with Crippen molar-refractivity contribution in [1.82, 2.24) is 0 Å². The van der Waals surface area contributed by atoms with Gasteiger partial charge in [-0.1, -0.05) is 12.8 Å². The monoisotopic (exact) mass is 826 g/mol. The summed E-state index contributed by atoms with van der Waals surface area (Å²) in [6.45, 7) is 0. The molecule has 0 saturated heterocycles. The zero-order valence-electron chi connectivity index (χ0n) is 14.7. The molecule has 0 spiro atoms. The Labute approximate surface area is 219 Å². The molecule has 1 aliphatic carbocycles. The third-order valence-electron chi connectivity index (χ3n) is 4.62. The van der Waals surface area contributed by atoms with Crippen molar-refractivity contribution >= 4 is 103 Å². The van der Waals surface area contributed by atoms with E-state index in [9.17, 15) is 10.2 Å². The number of hydrogen-bond acceptors (Lipinski definition) is 4. The van der Waals surface area contributed by atoms with Gasteiger partial charge in [0.05, 0.1) is 19.2 Å². The van der Waals surface area contributed by atoms with Crippen LogP contribution in [-0.4, -0.2) is 34.7 Å². The average molecular weight is 826 g/mol. The Balaban J connectivity index is 1.82. The maximum Gasteiger partial charge on any atom is 0.137 e. The first-order valence-corrected chi connectivity index (χ1v) is 13.1. The summed E-state index contributed by atoms with van der Waals surface area (Å²) in [5.41, 5.74) is 1.49. The molecule has 2 N–H and O–H groups in total. The Bertz CT molecular complexity index is 855. The van der Waals surface area contributed by atoms with Crippen LogP contribution in [0.3, 0.4) is 0 Å². The van der Waals surface area contributed by atoms with Crippen LogP contribution < -0.4 is 0 Å². The molecule has 2 aromatic carbocycles. The minimum absolute atomic E-state index is 0.0870. The Hall–Kier alpha value is 0.300. The predicted octanol–water partition coefficient (Wildman–Crippen LogP) is 6.37. The number of phenols is 2. The molecule has 0 heterocycles. The lowest BCUT2D eigenvalue weighted by Crippen LogP contribution is -2.27. The van der Waals surface area contributed by atoms with Gasteiger partial charge in [-0.25, -0.2) is 0 Å². The number of aromatic hydroxyl groups is 2. The predicted molar refractivity (Wildman–Crippen MR) is 148 cm³/mol. The van der Waals surface area contributed by atoms with Crippen molar-refractivity contribution in [3.63, 3.8) is 0 Å². The van der Waals surface area contributed by atoms with Crippen LogP contribution in [0.2, 0.25) is 0 Å². The summed E-state index contributed by atoms with van der Waals surface area (Å²) in [6.07, 6.45) is 7.80. The van der Waals surface area contributed by atoms with Crippen LogP contribution in [0.1, 0.15) is 36.8 Å². The molecule has 1 saturated carbocycles. The molecule has 1 fully saturated rings. The number of nitrogens with zero attached hydrogens (tertiary/aromatic N) is 2. The Kier molecular flexibility index (Phi) is 8.66. The van der Waals surface area contributed by atoms with Gasteiger partial charge in [-0.3, -0.25) is 9.98 Å². The number of halogens is 4. The molecular formula is C20H18I4N2O2. The van der Waals surface area contributed by atoms with Crippen LogP contribution in [0.25, 0.3) is 0 Å². The fourth-order valence-corrected chi connectivity index (χ4v) is 6.94. The molecule has 8 heteroatoms. The standard InChI is InChI=1S/C20H18I4N2O2/c21-13-5-11(19(27)15(23)7-13)9-25-17-3-1-2-4-18(17)26-10-12-6-14(22)8-16(24)20(12)28/h5-10,17-18,27-28H,1-4H2/t17-,18-/m0/s1. The van der Waals surface area contributed by atoms with E-state index in [1.165, 1.54) is 0 Å². The second kappa shape index (κ2) is 10.6. The van der Waals surface area contributed by atoms with E-state index in [1.807, 2.05) is 24.3 Å². The fourth-order valence-electron chi connectivity index (χ4n) is 3.16. The van der Waals surface area contributed by atoms with E-state index < -0.39 is 0 Å². The quantitative estimate of drug-likeness (QED) is 0.279. The van der Waals surface area contributed by atoms with Gasteiger partial charge >= 0.3 is 0 Å². The summed E-state index contributed by atoms with van der Waals surface area (Å²) >= 11 is 8.77.